The molecule has 0 N–H and O–H groups in total. The van der Waals surface area contributed by atoms with Gasteiger partial charge in [-0.15, -0.1) is 0 Å². The van der Waals surface area contributed by atoms with Crippen LogP contribution < -0.4 is 0 Å². The molecule has 6 nitrogen and oxygen atoms in total. The highest BCUT2D eigenvalue weighted by molar-refractivity contribution is 5.71. The molecule has 1 atom stereocenters. The van der Waals surface area contributed by atoms with Gasteiger partial charge in [-0.05, 0) is 83.5 Å². The monoisotopic (exact) mass is 951 g/mol. The molecule has 1 unspecified atom stereocenters. The molecular formula is C62H110O6. The van der Waals surface area contributed by atoms with Gasteiger partial charge in [-0.3, -0.25) is 14.4 Å². The maximum atomic E-state index is 12.8. The topological polar surface area (TPSA) is 78.9 Å². The smallest absolute Gasteiger partial charge is 0.306 e. The highest BCUT2D eigenvalue weighted by Gasteiger charge is 2.19. The molecule has 0 radical (unpaired) electrons. The van der Waals surface area contributed by atoms with Crippen LogP contribution in [0, 0.1) is 0 Å². The van der Waals surface area contributed by atoms with Gasteiger partial charge >= 0.3 is 17.9 Å². The molecule has 0 aromatic carbocycles. The standard InChI is InChI=1S/C62H110O6/c1-4-7-10-13-16-19-22-25-27-28-29-30-31-32-33-34-36-37-40-43-46-49-52-55-61(64)67-58-59(57-66-60(63)54-51-48-45-42-39-24-21-18-15-12-9-6-3)68-62(65)56-53-50-47-44-41-38-35-26-23-20-17-14-11-8-5-2/h8,11,17-18,20-21,26,35,41,44,59H,4-7,9-10,12-16,19,22-25,27-34,36-40,42-43,45-58H2,1-3H3/b11-8-,20-17-,21-18-,35-26-,44-41-. The number of carbonyl (C=O) groups excluding carboxylic acids is 3. The Hall–Kier alpha value is -2.89. The van der Waals surface area contributed by atoms with Crippen molar-refractivity contribution in [1.82, 2.24) is 0 Å². The van der Waals surface area contributed by atoms with Crippen molar-refractivity contribution in [3.05, 3.63) is 60.8 Å². The Morgan fingerprint density at radius 3 is 0.971 bits per heavy atom. The molecule has 0 amide bonds. The SMILES string of the molecule is CC/C=C\C/C=C\C/C=C\C/C=C\CCCCC(=O)OC(COC(=O)CCCCCCC/C=C\CCCCC)COC(=O)CCCCCCCCCCCCCCCCCCCCCCCCC. The van der Waals surface area contributed by atoms with Crippen LogP contribution in [0.5, 0.6) is 0 Å². The average molecular weight is 952 g/mol. The zero-order valence-corrected chi connectivity index (χ0v) is 45.1. The van der Waals surface area contributed by atoms with Crippen LogP contribution in [0.15, 0.2) is 60.8 Å². The van der Waals surface area contributed by atoms with E-state index < -0.39 is 6.10 Å². The minimum atomic E-state index is -0.797. The summed E-state index contributed by atoms with van der Waals surface area (Å²) in [7, 11) is 0. The number of esters is 3. The Morgan fingerprint density at radius 2 is 0.574 bits per heavy atom. The lowest BCUT2D eigenvalue weighted by molar-refractivity contribution is -0.167. The minimum absolute atomic E-state index is 0.0911. The van der Waals surface area contributed by atoms with Crippen LogP contribution >= 0.6 is 0 Å². The van der Waals surface area contributed by atoms with Crippen molar-refractivity contribution in [3.63, 3.8) is 0 Å². The molecule has 6 heteroatoms. The molecule has 0 aromatic heterocycles. The molecular weight excluding hydrogens is 841 g/mol. The molecule has 0 rings (SSSR count). The van der Waals surface area contributed by atoms with E-state index in [0.717, 1.165) is 83.5 Å². The van der Waals surface area contributed by atoms with Crippen molar-refractivity contribution < 1.29 is 28.6 Å². The van der Waals surface area contributed by atoms with E-state index in [1.165, 1.54) is 167 Å². The predicted molar refractivity (Wildman–Crippen MR) is 293 cm³/mol. The van der Waals surface area contributed by atoms with Gasteiger partial charge in [0.2, 0.25) is 0 Å². The third-order valence-corrected chi connectivity index (χ3v) is 12.8. The number of unbranched alkanes of at least 4 members (excludes halogenated alkanes) is 32. The summed E-state index contributed by atoms with van der Waals surface area (Å²) in [5.41, 5.74) is 0. The summed E-state index contributed by atoms with van der Waals surface area (Å²) >= 11 is 0. The maximum Gasteiger partial charge on any atom is 0.306 e. The van der Waals surface area contributed by atoms with Gasteiger partial charge in [0.15, 0.2) is 6.10 Å². The second kappa shape index (κ2) is 56.7. The summed E-state index contributed by atoms with van der Waals surface area (Å²) in [5.74, 6) is -0.931. The molecule has 0 aromatic rings. The highest BCUT2D eigenvalue weighted by atomic mass is 16.6. The third kappa shape index (κ3) is 54.1. The van der Waals surface area contributed by atoms with Gasteiger partial charge in [0.25, 0.3) is 0 Å². The van der Waals surface area contributed by atoms with Crippen LogP contribution in [0.4, 0.5) is 0 Å². The van der Waals surface area contributed by atoms with Crippen molar-refractivity contribution in [2.24, 2.45) is 0 Å². The van der Waals surface area contributed by atoms with Gasteiger partial charge in [-0.2, -0.15) is 0 Å². The largest absolute Gasteiger partial charge is 0.462 e. The summed E-state index contributed by atoms with van der Waals surface area (Å²) in [4.78, 5) is 38.1. The van der Waals surface area contributed by atoms with Crippen molar-refractivity contribution >= 4 is 17.9 Å². The van der Waals surface area contributed by atoms with E-state index in [-0.39, 0.29) is 37.5 Å². The predicted octanol–water partition coefficient (Wildman–Crippen LogP) is 19.6. The average Bonchev–Trinajstić information content (AvgIpc) is 3.34. The summed E-state index contributed by atoms with van der Waals surface area (Å²) < 4.78 is 16.8. The summed E-state index contributed by atoms with van der Waals surface area (Å²) in [6, 6.07) is 0. The molecule has 0 fully saturated rings. The Labute approximate surface area is 421 Å². The molecule has 0 aliphatic heterocycles. The zero-order chi connectivity index (χ0) is 49.3. The van der Waals surface area contributed by atoms with Crippen LogP contribution in [0.25, 0.3) is 0 Å². The van der Waals surface area contributed by atoms with Crippen LogP contribution in [0.3, 0.4) is 0 Å². The van der Waals surface area contributed by atoms with Gasteiger partial charge < -0.3 is 14.2 Å². The lowest BCUT2D eigenvalue weighted by Crippen LogP contribution is -2.30. The quantitative estimate of drug-likeness (QED) is 0.0262. The van der Waals surface area contributed by atoms with Crippen LogP contribution in [0.1, 0.15) is 297 Å². The molecule has 68 heavy (non-hydrogen) atoms. The molecule has 0 bridgehead atoms. The van der Waals surface area contributed by atoms with Crippen LogP contribution in [-0.2, 0) is 28.6 Å². The van der Waals surface area contributed by atoms with Crippen molar-refractivity contribution in [2.75, 3.05) is 13.2 Å². The first-order chi connectivity index (χ1) is 33.5. The van der Waals surface area contributed by atoms with E-state index in [0.29, 0.717) is 19.3 Å². The van der Waals surface area contributed by atoms with E-state index in [9.17, 15) is 14.4 Å². The third-order valence-electron chi connectivity index (χ3n) is 12.8. The second-order valence-electron chi connectivity index (χ2n) is 19.5. The van der Waals surface area contributed by atoms with Gasteiger partial charge in [-0.25, -0.2) is 0 Å². The first-order valence-corrected chi connectivity index (χ1v) is 29.3. The summed E-state index contributed by atoms with van der Waals surface area (Å²) in [6.07, 6.45) is 70.9. The lowest BCUT2D eigenvalue weighted by Gasteiger charge is -2.18. The zero-order valence-electron chi connectivity index (χ0n) is 45.1. The van der Waals surface area contributed by atoms with Gasteiger partial charge in [0, 0.05) is 19.3 Å². The van der Waals surface area contributed by atoms with Crippen LogP contribution in [-0.4, -0.2) is 37.2 Å². The Bertz CT molecular complexity index is 1230. The Kier molecular flexibility index (Phi) is 54.3. The van der Waals surface area contributed by atoms with Crippen molar-refractivity contribution in [2.45, 2.75) is 303 Å². The first-order valence-electron chi connectivity index (χ1n) is 29.3. The number of carbonyl (C=O) groups is 3. The van der Waals surface area contributed by atoms with Crippen molar-refractivity contribution in [3.8, 4) is 0 Å². The summed E-state index contributed by atoms with van der Waals surface area (Å²) in [6.45, 7) is 6.49. The summed E-state index contributed by atoms with van der Waals surface area (Å²) in [5, 5.41) is 0. The van der Waals surface area contributed by atoms with Gasteiger partial charge in [0.1, 0.15) is 13.2 Å². The van der Waals surface area contributed by atoms with Gasteiger partial charge in [-0.1, -0.05) is 255 Å². The Balaban J connectivity index is 4.30. The normalized spacial score (nSPS) is 12.5. The van der Waals surface area contributed by atoms with Crippen molar-refractivity contribution in [1.29, 1.82) is 0 Å². The van der Waals surface area contributed by atoms with Crippen LogP contribution in [0.2, 0.25) is 0 Å². The second-order valence-corrected chi connectivity index (χ2v) is 19.5. The van der Waals surface area contributed by atoms with E-state index in [1.807, 2.05) is 0 Å². The minimum Gasteiger partial charge on any atom is -0.462 e. The molecule has 0 saturated heterocycles. The molecule has 0 aliphatic carbocycles. The fraction of sp³-hybridized carbons (Fsp3) is 0.790. The number of hydrogen-bond acceptors (Lipinski definition) is 6. The van der Waals surface area contributed by atoms with E-state index in [1.54, 1.807) is 0 Å². The fourth-order valence-electron chi connectivity index (χ4n) is 8.37. The number of rotatable bonds is 53. The highest BCUT2D eigenvalue weighted by Crippen LogP contribution is 2.17. The molecule has 394 valence electrons. The van der Waals surface area contributed by atoms with E-state index in [2.05, 4.69) is 81.5 Å². The first kappa shape index (κ1) is 65.1. The molecule has 0 saturated carbocycles. The number of allylic oxidation sites excluding steroid dienone is 10. The van der Waals surface area contributed by atoms with E-state index in [4.69, 9.17) is 14.2 Å². The number of ether oxygens (including phenoxy) is 3. The maximum absolute atomic E-state index is 12.8. The Morgan fingerprint density at radius 1 is 0.309 bits per heavy atom. The van der Waals surface area contributed by atoms with Gasteiger partial charge in [0.05, 0.1) is 0 Å². The molecule has 0 heterocycles. The molecule has 0 spiro atoms. The lowest BCUT2D eigenvalue weighted by atomic mass is 10.0. The fourth-order valence-corrected chi connectivity index (χ4v) is 8.37. The number of hydrogen-bond donors (Lipinski definition) is 0. The molecule has 0 aliphatic rings. The van der Waals surface area contributed by atoms with E-state index >= 15 is 0 Å².